The van der Waals surface area contributed by atoms with Gasteiger partial charge in [-0.25, -0.2) is 18.4 Å². The van der Waals surface area contributed by atoms with Crippen molar-refractivity contribution in [3.8, 4) is 0 Å². The number of hydrogen-bond acceptors (Lipinski definition) is 8. The van der Waals surface area contributed by atoms with E-state index in [1.165, 1.54) is 23.5 Å². The van der Waals surface area contributed by atoms with Gasteiger partial charge in [-0.1, -0.05) is 35.7 Å². The number of aryl methyl sites for hydroxylation is 2. The van der Waals surface area contributed by atoms with Gasteiger partial charge in [-0.05, 0) is 73.2 Å². The van der Waals surface area contributed by atoms with Crippen LogP contribution in [0.15, 0.2) is 80.0 Å². The number of fused-ring (bicyclic) bond motifs is 2. The highest BCUT2D eigenvalue weighted by Crippen LogP contribution is 2.27. The molecule has 0 saturated heterocycles. The Balaban J connectivity index is 1.28. The second-order valence-corrected chi connectivity index (χ2v) is 12.9. The Morgan fingerprint density at radius 1 is 0.744 bits per heavy atom. The van der Waals surface area contributed by atoms with Crippen LogP contribution in [0.3, 0.4) is 0 Å². The van der Waals surface area contributed by atoms with Gasteiger partial charge in [0.05, 0.1) is 11.5 Å². The first-order chi connectivity index (χ1) is 18.7. The first-order valence-corrected chi connectivity index (χ1v) is 15.7. The number of thioether (sulfide) groups is 2. The zero-order chi connectivity index (χ0) is 27.8. The van der Waals surface area contributed by atoms with E-state index in [9.17, 15) is 26.0 Å². The van der Waals surface area contributed by atoms with Gasteiger partial charge in [0.25, 0.3) is 22.6 Å². The zero-order valence-electron chi connectivity index (χ0n) is 20.5. The Morgan fingerprint density at radius 3 is 1.59 bits per heavy atom. The molecule has 0 amide bonds. The van der Waals surface area contributed by atoms with Gasteiger partial charge < -0.3 is 8.83 Å². The molecule has 208 valence electrons. The number of sulfone groups is 1. The van der Waals surface area contributed by atoms with Gasteiger partial charge in [0.1, 0.15) is 11.0 Å². The van der Waals surface area contributed by atoms with E-state index in [0.717, 1.165) is 23.3 Å². The summed E-state index contributed by atoms with van der Waals surface area (Å²) in [5, 5.41) is 0.753. The van der Waals surface area contributed by atoms with Crippen molar-refractivity contribution in [2.45, 2.75) is 36.1 Å². The molecule has 0 aliphatic heterocycles. The molecule has 13 heteroatoms. The first kappa shape index (κ1) is 29.2. The summed E-state index contributed by atoms with van der Waals surface area (Å²) in [5.41, 5.74) is 3.88. The highest BCUT2D eigenvalue weighted by Gasteiger charge is 2.14. The third kappa shape index (κ3) is 9.14. The monoisotopic (exact) mass is 600 g/mol. The van der Waals surface area contributed by atoms with Crippen LogP contribution in [0.2, 0.25) is 0 Å². The number of benzene rings is 2. The highest BCUT2D eigenvalue weighted by molar-refractivity contribution is 7.99. The lowest BCUT2D eigenvalue weighted by atomic mass is 10.1. The van der Waals surface area contributed by atoms with E-state index in [4.69, 9.17) is 8.83 Å². The van der Waals surface area contributed by atoms with Gasteiger partial charge in [0.15, 0.2) is 21.0 Å². The average Bonchev–Trinajstić information content (AvgIpc) is 3.49. The van der Waals surface area contributed by atoms with Crippen molar-refractivity contribution < 1.29 is 34.8 Å². The summed E-state index contributed by atoms with van der Waals surface area (Å²) in [6.45, 7) is 0. The van der Waals surface area contributed by atoms with Crippen LogP contribution < -0.4 is 0 Å². The molecule has 4 aromatic rings. The molecule has 2 aromatic heterocycles. The lowest BCUT2D eigenvalue weighted by Gasteiger charge is -2.05. The van der Waals surface area contributed by atoms with Crippen molar-refractivity contribution in [2.75, 3.05) is 23.0 Å². The minimum absolute atomic E-state index is 0.0278. The number of hydrogen-bond donors (Lipinski definition) is 0. The number of aromatic nitrogens is 2. The molecule has 2 heterocycles. The molecule has 0 N–H and O–H groups in total. The zero-order valence-corrected chi connectivity index (χ0v) is 23.0. The molecule has 0 radical (unpaired) electrons. The van der Waals surface area contributed by atoms with Crippen LogP contribution in [0.1, 0.15) is 24.0 Å². The molecule has 0 fully saturated rings. The minimum Gasteiger partial charge on any atom is -0.431 e. The van der Waals surface area contributed by atoms with Crippen molar-refractivity contribution in [1.82, 2.24) is 9.97 Å². The van der Waals surface area contributed by atoms with Crippen LogP contribution in [-0.4, -0.2) is 41.4 Å². The van der Waals surface area contributed by atoms with E-state index in [-0.39, 0.29) is 24.3 Å². The molecule has 0 aliphatic carbocycles. The van der Waals surface area contributed by atoms with Crippen LogP contribution in [0.4, 0.5) is 17.6 Å². The molecule has 0 saturated carbocycles. The SMILES string of the molecule is O=S(=O)(CCc1ccc2oc(SCCC=C(F)F)nc2c1)CCc1ccc2oc(SCCC=C(F)F)nc2c1. The van der Waals surface area contributed by atoms with E-state index < -0.39 is 22.0 Å². The standard InChI is InChI=1S/C26H24F4N2O4S3/c27-23(28)3-1-11-37-25-31-19-15-17(5-7-21(19)35-25)9-13-39(33,34)14-10-18-6-8-22-20(16-18)32-26(36-22)38-12-2-4-24(29)30/h3-8,15-16H,1-2,9-14H2. The van der Waals surface area contributed by atoms with Crippen molar-refractivity contribution in [3.05, 3.63) is 71.8 Å². The number of allylic oxidation sites excluding steroid dienone is 2. The van der Waals surface area contributed by atoms with Crippen molar-refractivity contribution in [3.63, 3.8) is 0 Å². The maximum atomic E-state index is 12.7. The van der Waals surface area contributed by atoms with Crippen LogP contribution in [0.25, 0.3) is 22.2 Å². The maximum absolute atomic E-state index is 12.7. The molecule has 0 aliphatic rings. The number of oxazole rings is 2. The van der Waals surface area contributed by atoms with Gasteiger partial charge in [-0.15, -0.1) is 0 Å². The van der Waals surface area contributed by atoms with Gasteiger partial charge in [0.2, 0.25) is 0 Å². The Hall–Kier alpha value is -2.77. The Labute approximate surface area is 230 Å². The summed E-state index contributed by atoms with van der Waals surface area (Å²) in [7, 11) is -3.35. The molecule has 0 unspecified atom stereocenters. The topological polar surface area (TPSA) is 86.2 Å². The number of rotatable bonds is 14. The second-order valence-electron chi connectivity index (χ2n) is 8.48. The summed E-state index contributed by atoms with van der Waals surface area (Å²) < 4.78 is 85.2. The van der Waals surface area contributed by atoms with Crippen LogP contribution in [-0.2, 0) is 22.7 Å². The molecule has 0 bridgehead atoms. The predicted octanol–water partition coefficient (Wildman–Crippen LogP) is 7.69. The van der Waals surface area contributed by atoms with Crippen molar-refractivity contribution in [1.29, 1.82) is 0 Å². The van der Waals surface area contributed by atoms with Gasteiger partial charge >= 0.3 is 0 Å². The van der Waals surface area contributed by atoms with E-state index >= 15 is 0 Å². The van der Waals surface area contributed by atoms with E-state index in [1.54, 1.807) is 36.4 Å². The molecule has 2 aromatic carbocycles. The molecule has 4 rings (SSSR count). The summed E-state index contributed by atoms with van der Waals surface area (Å²) in [4.78, 5) is 8.71. The van der Waals surface area contributed by atoms with E-state index in [2.05, 4.69) is 9.97 Å². The molecular formula is C26H24F4N2O4S3. The third-order valence-corrected chi connectivity index (χ3v) is 8.93. The van der Waals surface area contributed by atoms with Crippen LogP contribution >= 0.6 is 23.5 Å². The minimum atomic E-state index is -3.35. The van der Waals surface area contributed by atoms with Crippen molar-refractivity contribution in [2.24, 2.45) is 0 Å². The first-order valence-electron chi connectivity index (χ1n) is 11.9. The summed E-state index contributed by atoms with van der Waals surface area (Å²) in [5.74, 6) is 0.751. The Bertz CT molecular complexity index is 1480. The smallest absolute Gasteiger partial charge is 0.266 e. The lowest BCUT2D eigenvalue weighted by Crippen LogP contribution is -2.14. The number of nitrogens with zero attached hydrogens (tertiary/aromatic N) is 2. The molecule has 6 nitrogen and oxygen atoms in total. The lowest BCUT2D eigenvalue weighted by molar-refractivity contribution is 0.417. The largest absolute Gasteiger partial charge is 0.431 e. The fourth-order valence-electron chi connectivity index (χ4n) is 3.62. The normalized spacial score (nSPS) is 11.8. The van der Waals surface area contributed by atoms with Crippen molar-refractivity contribution >= 4 is 55.6 Å². The highest BCUT2D eigenvalue weighted by atomic mass is 32.2. The Morgan fingerprint density at radius 2 is 1.18 bits per heavy atom. The summed E-state index contributed by atoms with van der Waals surface area (Å²) in [6, 6.07) is 10.6. The van der Waals surface area contributed by atoms with Gasteiger partial charge in [0, 0.05) is 11.5 Å². The third-order valence-electron chi connectivity index (χ3n) is 5.55. The summed E-state index contributed by atoms with van der Waals surface area (Å²) >= 11 is 2.47. The summed E-state index contributed by atoms with van der Waals surface area (Å²) in [6.07, 6.45) is -0.698. The quantitative estimate of drug-likeness (QED) is 0.0827. The van der Waals surface area contributed by atoms with Gasteiger partial charge in [-0.3, -0.25) is 0 Å². The van der Waals surface area contributed by atoms with E-state index in [0.29, 0.717) is 57.0 Å². The molecule has 0 spiro atoms. The molecule has 39 heavy (non-hydrogen) atoms. The van der Waals surface area contributed by atoms with Crippen LogP contribution in [0.5, 0.6) is 0 Å². The molecule has 0 atom stereocenters. The average molecular weight is 601 g/mol. The fourth-order valence-corrected chi connectivity index (χ4v) is 6.36. The fraction of sp³-hybridized carbons (Fsp3) is 0.308. The predicted molar refractivity (Wildman–Crippen MR) is 145 cm³/mol. The van der Waals surface area contributed by atoms with Crippen LogP contribution in [0, 0.1) is 0 Å². The second kappa shape index (κ2) is 13.5. The maximum Gasteiger partial charge on any atom is 0.266 e. The van der Waals surface area contributed by atoms with Gasteiger partial charge in [-0.2, -0.15) is 17.6 Å². The molecular weight excluding hydrogens is 576 g/mol. The van der Waals surface area contributed by atoms with E-state index in [1.807, 2.05) is 0 Å². The number of halogens is 4. The Kier molecular flexibility index (Phi) is 10.1.